The number of ether oxygens (including phenoxy) is 1. The van der Waals surface area contributed by atoms with E-state index in [4.69, 9.17) is 27.9 Å². The molecule has 0 aliphatic carbocycles. The number of hydrogen-bond donors (Lipinski definition) is 1. The number of nitrogens with one attached hydrogen (secondary N) is 1. The summed E-state index contributed by atoms with van der Waals surface area (Å²) in [6.07, 6.45) is 0.871. The third-order valence-corrected chi connectivity index (χ3v) is 4.26. The van der Waals surface area contributed by atoms with Gasteiger partial charge in [0.2, 0.25) is 5.91 Å². The van der Waals surface area contributed by atoms with Gasteiger partial charge in [-0.25, -0.2) is 0 Å². The van der Waals surface area contributed by atoms with Crippen LogP contribution in [0.1, 0.15) is 16.7 Å². The first-order chi connectivity index (χ1) is 11.0. The maximum Gasteiger partial charge on any atom is 0.224 e. The Morgan fingerprint density at radius 3 is 2.52 bits per heavy atom. The molecule has 3 nitrogen and oxygen atoms in total. The molecule has 1 amide bonds. The van der Waals surface area contributed by atoms with Gasteiger partial charge in [-0.3, -0.25) is 4.79 Å². The topological polar surface area (TPSA) is 38.3 Å². The van der Waals surface area contributed by atoms with Gasteiger partial charge in [0.25, 0.3) is 0 Å². The first-order valence-corrected chi connectivity index (χ1v) is 8.10. The largest absolute Gasteiger partial charge is 0.496 e. The van der Waals surface area contributed by atoms with Crippen LogP contribution in [0, 0.1) is 6.92 Å². The number of carbonyl (C=O) groups excluding carboxylic acids is 1. The van der Waals surface area contributed by atoms with Crippen LogP contribution in [0.25, 0.3) is 0 Å². The Hall–Kier alpha value is -1.71. The van der Waals surface area contributed by atoms with Crippen LogP contribution in [0.15, 0.2) is 36.4 Å². The smallest absolute Gasteiger partial charge is 0.224 e. The molecule has 2 aromatic carbocycles. The molecule has 122 valence electrons. The van der Waals surface area contributed by atoms with Crippen LogP contribution in [0.4, 0.5) is 0 Å². The molecule has 2 aromatic rings. The molecule has 5 heteroatoms. The van der Waals surface area contributed by atoms with E-state index < -0.39 is 0 Å². The Balaban J connectivity index is 1.92. The number of rotatable bonds is 6. The van der Waals surface area contributed by atoms with Crippen molar-refractivity contribution < 1.29 is 9.53 Å². The SMILES string of the molecule is COc1ccc(C)cc1CCNC(=O)Cc1c(Cl)cccc1Cl. The van der Waals surface area contributed by atoms with Gasteiger partial charge >= 0.3 is 0 Å². The van der Waals surface area contributed by atoms with Crippen LogP contribution in [0.5, 0.6) is 5.75 Å². The molecule has 0 unspecified atom stereocenters. The molecule has 0 spiro atoms. The number of benzene rings is 2. The van der Waals surface area contributed by atoms with E-state index in [2.05, 4.69) is 11.4 Å². The molecule has 0 aliphatic heterocycles. The highest BCUT2D eigenvalue weighted by molar-refractivity contribution is 6.36. The van der Waals surface area contributed by atoms with Gasteiger partial charge in [-0.2, -0.15) is 0 Å². The zero-order chi connectivity index (χ0) is 16.8. The van der Waals surface area contributed by atoms with Crippen molar-refractivity contribution in [2.45, 2.75) is 19.8 Å². The standard InChI is InChI=1S/C18H19Cl2NO2/c1-12-6-7-17(23-2)13(10-12)8-9-21-18(22)11-14-15(19)4-3-5-16(14)20/h3-7,10H,8-9,11H2,1-2H3,(H,21,22). The first kappa shape index (κ1) is 17.6. The lowest BCUT2D eigenvalue weighted by Gasteiger charge is -2.11. The summed E-state index contributed by atoms with van der Waals surface area (Å²) in [5.74, 6) is 0.727. The van der Waals surface area contributed by atoms with Crippen molar-refractivity contribution in [2.24, 2.45) is 0 Å². The first-order valence-electron chi connectivity index (χ1n) is 7.34. The zero-order valence-corrected chi connectivity index (χ0v) is 14.7. The minimum Gasteiger partial charge on any atom is -0.496 e. The van der Waals surface area contributed by atoms with Crippen LogP contribution in [0.2, 0.25) is 10.0 Å². The maximum absolute atomic E-state index is 12.1. The molecule has 0 radical (unpaired) electrons. The third kappa shape index (κ3) is 4.88. The maximum atomic E-state index is 12.1. The van der Waals surface area contributed by atoms with E-state index in [1.54, 1.807) is 25.3 Å². The second-order valence-corrected chi connectivity index (χ2v) is 6.11. The lowest BCUT2D eigenvalue weighted by Crippen LogP contribution is -2.27. The molecule has 0 aromatic heterocycles. The fraction of sp³-hybridized carbons (Fsp3) is 0.278. The normalized spacial score (nSPS) is 10.4. The van der Waals surface area contributed by atoms with Gasteiger partial charge in [0.05, 0.1) is 13.5 Å². The van der Waals surface area contributed by atoms with E-state index in [1.165, 1.54) is 0 Å². The van der Waals surface area contributed by atoms with Crippen LogP contribution in [0.3, 0.4) is 0 Å². The second-order valence-electron chi connectivity index (χ2n) is 5.29. The molecule has 2 rings (SSSR count). The molecule has 0 fully saturated rings. The Kier molecular flexibility index (Phi) is 6.31. The van der Waals surface area contributed by atoms with Crippen molar-refractivity contribution in [3.05, 3.63) is 63.1 Å². The average Bonchev–Trinajstić information content (AvgIpc) is 2.51. The van der Waals surface area contributed by atoms with E-state index >= 15 is 0 Å². The summed E-state index contributed by atoms with van der Waals surface area (Å²) >= 11 is 12.2. The molecule has 23 heavy (non-hydrogen) atoms. The predicted molar refractivity (Wildman–Crippen MR) is 94.6 cm³/mol. The molecule has 0 heterocycles. The molecule has 0 aliphatic rings. The van der Waals surface area contributed by atoms with Crippen molar-refractivity contribution >= 4 is 29.1 Å². The van der Waals surface area contributed by atoms with Crippen molar-refractivity contribution in [1.29, 1.82) is 0 Å². The third-order valence-electron chi connectivity index (χ3n) is 3.55. The summed E-state index contributed by atoms with van der Waals surface area (Å²) in [4.78, 5) is 12.1. The Labute approximate surface area is 146 Å². The van der Waals surface area contributed by atoms with Gasteiger partial charge < -0.3 is 10.1 Å². The second kappa shape index (κ2) is 8.23. The monoisotopic (exact) mass is 351 g/mol. The van der Waals surface area contributed by atoms with Crippen molar-refractivity contribution in [3.63, 3.8) is 0 Å². The minimum atomic E-state index is -0.105. The molecule has 0 atom stereocenters. The molecule has 0 saturated heterocycles. The van der Waals surface area contributed by atoms with Crippen LogP contribution < -0.4 is 10.1 Å². The Bertz CT molecular complexity index is 681. The molecular weight excluding hydrogens is 333 g/mol. The summed E-state index contributed by atoms with van der Waals surface area (Å²) in [6.45, 7) is 2.56. The van der Waals surface area contributed by atoms with Gasteiger partial charge in [-0.1, -0.05) is 47.0 Å². The number of aryl methyl sites for hydroxylation is 1. The van der Waals surface area contributed by atoms with E-state index in [0.29, 0.717) is 28.6 Å². The highest BCUT2D eigenvalue weighted by Crippen LogP contribution is 2.24. The van der Waals surface area contributed by atoms with E-state index in [0.717, 1.165) is 16.9 Å². The summed E-state index contributed by atoms with van der Waals surface area (Å²) in [7, 11) is 1.64. The minimum absolute atomic E-state index is 0.105. The van der Waals surface area contributed by atoms with E-state index in [1.807, 2.05) is 19.1 Å². The Morgan fingerprint density at radius 1 is 1.17 bits per heavy atom. The number of hydrogen-bond acceptors (Lipinski definition) is 2. The van der Waals surface area contributed by atoms with Gasteiger partial charge in [-0.05, 0) is 42.7 Å². The molecular formula is C18H19Cl2NO2. The van der Waals surface area contributed by atoms with Crippen LogP contribution in [-0.4, -0.2) is 19.6 Å². The van der Waals surface area contributed by atoms with Crippen LogP contribution in [-0.2, 0) is 17.6 Å². The fourth-order valence-electron chi connectivity index (χ4n) is 2.36. The quantitative estimate of drug-likeness (QED) is 0.846. The molecule has 1 N–H and O–H groups in total. The number of carbonyl (C=O) groups is 1. The summed E-state index contributed by atoms with van der Waals surface area (Å²) in [5.41, 5.74) is 2.89. The number of amides is 1. The lowest BCUT2D eigenvalue weighted by molar-refractivity contribution is -0.120. The average molecular weight is 352 g/mol. The Morgan fingerprint density at radius 2 is 1.87 bits per heavy atom. The highest BCUT2D eigenvalue weighted by Gasteiger charge is 2.11. The molecule has 0 bridgehead atoms. The van der Waals surface area contributed by atoms with Crippen molar-refractivity contribution in [1.82, 2.24) is 5.32 Å². The fourth-order valence-corrected chi connectivity index (χ4v) is 2.89. The summed E-state index contributed by atoms with van der Waals surface area (Å²) < 4.78 is 5.34. The van der Waals surface area contributed by atoms with Crippen molar-refractivity contribution in [3.8, 4) is 5.75 Å². The highest BCUT2D eigenvalue weighted by atomic mass is 35.5. The number of halogens is 2. The summed E-state index contributed by atoms with van der Waals surface area (Å²) in [6, 6.07) is 11.2. The van der Waals surface area contributed by atoms with Crippen LogP contribution >= 0.6 is 23.2 Å². The summed E-state index contributed by atoms with van der Waals surface area (Å²) in [5, 5.41) is 3.91. The van der Waals surface area contributed by atoms with Gasteiger partial charge in [0.15, 0.2) is 0 Å². The van der Waals surface area contributed by atoms with Crippen molar-refractivity contribution in [2.75, 3.05) is 13.7 Å². The molecule has 0 saturated carbocycles. The van der Waals surface area contributed by atoms with E-state index in [-0.39, 0.29) is 12.3 Å². The predicted octanol–water partition coefficient (Wildman–Crippen LogP) is 4.21. The zero-order valence-electron chi connectivity index (χ0n) is 13.2. The van der Waals surface area contributed by atoms with Gasteiger partial charge in [-0.15, -0.1) is 0 Å². The number of methoxy groups -OCH3 is 1. The lowest BCUT2D eigenvalue weighted by atomic mass is 10.1. The van der Waals surface area contributed by atoms with E-state index in [9.17, 15) is 4.79 Å². The van der Waals surface area contributed by atoms with Gasteiger partial charge in [0.1, 0.15) is 5.75 Å². The van der Waals surface area contributed by atoms with Gasteiger partial charge in [0, 0.05) is 16.6 Å².